The number of hydrogen-bond acceptors (Lipinski definition) is 3. The Morgan fingerprint density at radius 1 is 1.69 bits per heavy atom. The fourth-order valence-corrected chi connectivity index (χ4v) is 1.92. The van der Waals surface area contributed by atoms with Gasteiger partial charge in [-0.1, -0.05) is 0 Å². The Balaban J connectivity index is 1.76. The Bertz CT molecular complexity index is 202. The normalized spacial score (nSPS) is 31.8. The number of fused-ring (bicyclic) bond motifs is 2. The molecule has 0 aromatic heterocycles. The lowest BCUT2D eigenvalue weighted by Crippen LogP contribution is -2.61. The molecule has 1 amide bonds. The Morgan fingerprint density at radius 3 is 3.08 bits per heavy atom. The molecule has 13 heavy (non-hydrogen) atoms. The molecule has 0 aromatic carbocycles. The van der Waals surface area contributed by atoms with Gasteiger partial charge in [-0.3, -0.25) is 4.79 Å². The average molecular weight is 184 g/mol. The molecule has 0 aromatic rings. The lowest BCUT2D eigenvalue weighted by Gasteiger charge is -2.46. The van der Waals surface area contributed by atoms with Crippen LogP contribution in [0, 0.1) is 0 Å². The van der Waals surface area contributed by atoms with E-state index in [0.29, 0.717) is 6.10 Å². The highest BCUT2D eigenvalue weighted by atomic mass is 16.5. The first-order valence-corrected chi connectivity index (χ1v) is 4.90. The van der Waals surface area contributed by atoms with Gasteiger partial charge >= 0.3 is 0 Å². The van der Waals surface area contributed by atoms with Crippen molar-refractivity contribution in [2.75, 3.05) is 26.7 Å². The minimum Gasteiger partial charge on any atom is -0.363 e. The lowest BCUT2D eigenvalue weighted by molar-refractivity contribution is -0.197. The number of nitrogens with one attached hydrogen (secondary N) is 1. The largest absolute Gasteiger partial charge is 0.363 e. The first-order chi connectivity index (χ1) is 6.31. The molecule has 0 radical (unpaired) electrons. The monoisotopic (exact) mass is 184 g/mol. The van der Waals surface area contributed by atoms with Gasteiger partial charge in [0.1, 0.15) is 6.10 Å². The van der Waals surface area contributed by atoms with Crippen molar-refractivity contribution in [3.05, 3.63) is 0 Å². The van der Waals surface area contributed by atoms with Crippen LogP contribution >= 0.6 is 0 Å². The first-order valence-electron chi connectivity index (χ1n) is 4.90. The van der Waals surface area contributed by atoms with Crippen molar-refractivity contribution >= 4 is 5.91 Å². The second kappa shape index (κ2) is 3.64. The van der Waals surface area contributed by atoms with E-state index in [1.165, 1.54) is 0 Å². The Hall–Kier alpha value is -0.610. The molecule has 0 spiro atoms. The van der Waals surface area contributed by atoms with Gasteiger partial charge in [0.05, 0.1) is 6.10 Å². The number of hydrogen-bond donors (Lipinski definition) is 1. The summed E-state index contributed by atoms with van der Waals surface area (Å²) in [4.78, 5) is 13.5. The SMILES string of the molecule is CNCCCN1CC2CC(O2)C1=O. The van der Waals surface area contributed by atoms with Crippen LogP contribution in [0.1, 0.15) is 12.8 Å². The number of amides is 1. The zero-order chi connectivity index (χ0) is 9.26. The fraction of sp³-hybridized carbons (Fsp3) is 0.889. The van der Waals surface area contributed by atoms with Crippen LogP contribution in [0.3, 0.4) is 0 Å². The van der Waals surface area contributed by atoms with Gasteiger partial charge in [-0.25, -0.2) is 0 Å². The predicted molar refractivity (Wildman–Crippen MR) is 48.4 cm³/mol. The number of nitrogens with zero attached hydrogens (tertiary/aromatic N) is 1. The minimum atomic E-state index is -0.103. The van der Waals surface area contributed by atoms with Gasteiger partial charge in [0, 0.05) is 19.5 Å². The molecule has 0 saturated carbocycles. The molecule has 3 aliphatic rings. The fourth-order valence-electron chi connectivity index (χ4n) is 1.92. The van der Waals surface area contributed by atoms with Gasteiger partial charge in [-0.15, -0.1) is 0 Å². The predicted octanol–water partition coefficient (Wildman–Crippen LogP) is -0.404. The molecule has 0 aliphatic carbocycles. The summed E-state index contributed by atoms with van der Waals surface area (Å²) in [6.07, 6.45) is 2.20. The van der Waals surface area contributed by atoms with Crippen LogP contribution in [0.5, 0.6) is 0 Å². The topological polar surface area (TPSA) is 41.6 Å². The van der Waals surface area contributed by atoms with Gasteiger partial charge in [0.15, 0.2) is 0 Å². The standard InChI is InChI=1S/C9H16N2O2/c1-10-3-2-4-11-6-7-5-8(13-7)9(11)12/h7-8,10H,2-6H2,1H3. The number of carbonyl (C=O) groups excluding carboxylic acids is 1. The molecule has 4 nitrogen and oxygen atoms in total. The first kappa shape index (κ1) is 8.97. The Morgan fingerprint density at radius 2 is 2.46 bits per heavy atom. The molecule has 2 atom stereocenters. The van der Waals surface area contributed by atoms with Crippen molar-refractivity contribution in [2.45, 2.75) is 25.0 Å². The summed E-state index contributed by atoms with van der Waals surface area (Å²) in [5, 5.41) is 3.08. The maximum absolute atomic E-state index is 11.5. The van der Waals surface area contributed by atoms with Crippen molar-refractivity contribution < 1.29 is 9.53 Å². The third-order valence-electron chi connectivity index (χ3n) is 2.70. The van der Waals surface area contributed by atoms with Gasteiger partial charge in [0.25, 0.3) is 5.91 Å². The molecule has 3 saturated heterocycles. The molecule has 3 rings (SSSR count). The molecule has 3 aliphatic heterocycles. The van der Waals surface area contributed by atoms with Crippen LogP contribution in [-0.2, 0) is 9.53 Å². The Kier molecular flexibility index (Phi) is 2.51. The van der Waals surface area contributed by atoms with Crippen molar-refractivity contribution in [1.29, 1.82) is 0 Å². The summed E-state index contributed by atoms with van der Waals surface area (Å²) in [5.41, 5.74) is 0. The quantitative estimate of drug-likeness (QED) is 0.604. The van der Waals surface area contributed by atoms with E-state index in [4.69, 9.17) is 4.74 Å². The van der Waals surface area contributed by atoms with E-state index in [1.54, 1.807) is 0 Å². The maximum Gasteiger partial charge on any atom is 0.251 e. The molecule has 3 fully saturated rings. The van der Waals surface area contributed by atoms with Crippen molar-refractivity contribution in [1.82, 2.24) is 10.2 Å². The molecule has 1 N–H and O–H groups in total. The van der Waals surface area contributed by atoms with Crippen LogP contribution in [0.25, 0.3) is 0 Å². The van der Waals surface area contributed by atoms with Crippen LogP contribution in [-0.4, -0.2) is 49.7 Å². The zero-order valence-electron chi connectivity index (χ0n) is 7.95. The van der Waals surface area contributed by atoms with Crippen LogP contribution in [0.2, 0.25) is 0 Å². The van der Waals surface area contributed by atoms with Crippen LogP contribution in [0.4, 0.5) is 0 Å². The molecule has 74 valence electrons. The molecule has 3 heterocycles. The third-order valence-corrected chi connectivity index (χ3v) is 2.70. The van der Waals surface area contributed by atoms with Crippen LogP contribution < -0.4 is 5.32 Å². The number of morpholine rings is 1. The van der Waals surface area contributed by atoms with Crippen molar-refractivity contribution in [3.8, 4) is 0 Å². The molecule has 4 heteroatoms. The van der Waals surface area contributed by atoms with E-state index >= 15 is 0 Å². The van der Waals surface area contributed by atoms with E-state index in [9.17, 15) is 4.79 Å². The smallest absolute Gasteiger partial charge is 0.251 e. The lowest BCUT2D eigenvalue weighted by atomic mass is 9.98. The molecule has 2 unspecified atom stereocenters. The number of carbonyl (C=O) groups is 1. The van der Waals surface area contributed by atoms with Gasteiger partial charge in [-0.2, -0.15) is 0 Å². The zero-order valence-corrected chi connectivity index (χ0v) is 7.95. The van der Waals surface area contributed by atoms with E-state index in [0.717, 1.165) is 32.5 Å². The molecule has 2 bridgehead atoms. The summed E-state index contributed by atoms with van der Waals surface area (Å²) >= 11 is 0. The van der Waals surface area contributed by atoms with E-state index in [-0.39, 0.29) is 12.0 Å². The molecular weight excluding hydrogens is 168 g/mol. The van der Waals surface area contributed by atoms with E-state index < -0.39 is 0 Å². The highest BCUT2D eigenvalue weighted by Crippen LogP contribution is 2.28. The second-order valence-corrected chi connectivity index (χ2v) is 3.72. The second-order valence-electron chi connectivity index (χ2n) is 3.72. The van der Waals surface area contributed by atoms with Crippen LogP contribution in [0.15, 0.2) is 0 Å². The number of piperidine rings is 1. The van der Waals surface area contributed by atoms with Crippen molar-refractivity contribution in [2.24, 2.45) is 0 Å². The number of ether oxygens (including phenoxy) is 1. The van der Waals surface area contributed by atoms with Crippen molar-refractivity contribution in [3.63, 3.8) is 0 Å². The van der Waals surface area contributed by atoms with Gasteiger partial charge < -0.3 is 15.0 Å². The summed E-state index contributed by atoms with van der Waals surface area (Å²) in [5.74, 6) is 0.193. The highest BCUT2D eigenvalue weighted by molar-refractivity contribution is 5.83. The van der Waals surface area contributed by atoms with Gasteiger partial charge in [-0.05, 0) is 20.0 Å². The Labute approximate surface area is 78.2 Å². The maximum atomic E-state index is 11.5. The average Bonchev–Trinajstić information content (AvgIpc) is 2.06. The minimum absolute atomic E-state index is 0.103. The highest BCUT2D eigenvalue weighted by Gasteiger charge is 2.44. The molecular formula is C9H16N2O2. The summed E-state index contributed by atoms with van der Waals surface area (Å²) in [6.45, 7) is 2.65. The summed E-state index contributed by atoms with van der Waals surface area (Å²) in [7, 11) is 1.93. The third kappa shape index (κ3) is 1.69. The van der Waals surface area contributed by atoms with E-state index in [1.807, 2.05) is 11.9 Å². The summed E-state index contributed by atoms with van der Waals surface area (Å²) < 4.78 is 5.32. The van der Waals surface area contributed by atoms with E-state index in [2.05, 4.69) is 5.32 Å². The van der Waals surface area contributed by atoms with Gasteiger partial charge in [0.2, 0.25) is 0 Å². The number of rotatable bonds is 4. The summed E-state index contributed by atoms with van der Waals surface area (Å²) in [6, 6.07) is 0.